The highest BCUT2D eigenvalue weighted by Gasteiger charge is 2.25. The molecule has 6 aromatic rings. The Hall–Kier alpha value is -5.16. The second kappa shape index (κ2) is 11.5. The Morgan fingerprint density at radius 1 is 0.977 bits per heavy atom. The van der Waals surface area contributed by atoms with Gasteiger partial charge in [-0.05, 0) is 75.0 Å². The fourth-order valence-corrected chi connectivity index (χ4v) is 5.44. The maximum atomic E-state index is 14.7. The number of anilines is 2. The molecule has 2 aromatic carbocycles. The minimum absolute atomic E-state index is 0.0371. The van der Waals surface area contributed by atoms with E-state index in [-0.39, 0.29) is 17.6 Å². The Morgan fingerprint density at radius 2 is 1.84 bits per heavy atom. The summed E-state index contributed by atoms with van der Waals surface area (Å²) in [7, 11) is 4.00. The number of aromatic nitrogens is 6. The number of pyridine rings is 2. The molecule has 10 nitrogen and oxygen atoms in total. The summed E-state index contributed by atoms with van der Waals surface area (Å²) in [6, 6.07) is 16.5. The third-order valence-corrected chi connectivity index (χ3v) is 8.02. The van der Waals surface area contributed by atoms with Crippen molar-refractivity contribution in [3.8, 4) is 33.9 Å². The van der Waals surface area contributed by atoms with Gasteiger partial charge in [-0.3, -0.25) is 14.9 Å². The summed E-state index contributed by atoms with van der Waals surface area (Å²) in [5.41, 5.74) is 7.83. The lowest BCUT2D eigenvalue weighted by Gasteiger charge is -2.24. The molecule has 1 aliphatic rings. The second-order valence-corrected chi connectivity index (χ2v) is 11.5. The van der Waals surface area contributed by atoms with Gasteiger partial charge in [0.2, 0.25) is 5.91 Å². The highest BCUT2D eigenvalue weighted by Crippen LogP contribution is 2.34. The van der Waals surface area contributed by atoms with E-state index in [0.29, 0.717) is 46.2 Å². The van der Waals surface area contributed by atoms with E-state index in [1.807, 2.05) is 56.6 Å². The molecule has 0 atom stereocenters. The van der Waals surface area contributed by atoms with Crippen LogP contribution in [0.15, 0.2) is 67.0 Å². The molecular weight excluding hydrogens is 557 g/mol. The van der Waals surface area contributed by atoms with Crippen molar-refractivity contribution in [2.75, 3.05) is 37.8 Å². The molecule has 0 saturated heterocycles. The van der Waals surface area contributed by atoms with Crippen molar-refractivity contribution in [2.24, 2.45) is 5.92 Å². The predicted molar refractivity (Wildman–Crippen MR) is 171 cm³/mol. The molecule has 4 N–H and O–H groups in total. The van der Waals surface area contributed by atoms with Crippen molar-refractivity contribution in [3.05, 3.63) is 72.8 Å². The van der Waals surface area contributed by atoms with Gasteiger partial charge in [0, 0.05) is 42.0 Å². The van der Waals surface area contributed by atoms with E-state index in [0.717, 1.165) is 53.5 Å². The van der Waals surface area contributed by atoms with E-state index >= 15 is 0 Å². The Bertz CT molecular complexity index is 1990. The highest BCUT2D eigenvalue weighted by atomic mass is 19.1. The molecule has 11 heteroatoms. The molecule has 44 heavy (non-hydrogen) atoms. The van der Waals surface area contributed by atoms with Gasteiger partial charge in [-0.1, -0.05) is 18.6 Å². The van der Waals surface area contributed by atoms with E-state index in [2.05, 4.69) is 35.7 Å². The first-order chi connectivity index (χ1) is 21.4. The average molecular weight is 590 g/mol. The fraction of sp³-hybridized carbons (Fsp3) is 0.242. The molecule has 0 bridgehead atoms. The van der Waals surface area contributed by atoms with Crippen LogP contribution >= 0.6 is 0 Å². The lowest BCUT2D eigenvalue weighted by atomic mass is 9.85. The molecule has 0 radical (unpaired) electrons. The van der Waals surface area contributed by atoms with Crippen molar-refractivity contribution in [1.82, 2.24) is 35.0 Å². The van der Waals surface area contributed by atoms with Crippen LogP contribution < -0.4 is 10.6 Å². The third-order valence-electron chi connectivity index (χ3n) is 8.02. The summed E-state index contributed by atoms with van der Waals surface area (Å²) in [6.07, 6.45) is 6.33. The zero-order valence-electron chi connectivity index (χ0n) is 24.5. The number of nitrogens with zero attached hydrogens (tertiary/aromatic N) is 5. The molecular formula is C33H32FN9O. The summed E-state index contributed by atoms with van der Waals surface area (Å²) < 4.78 is 14.7. The molecule has 7 rings (SSSR count). The maximum absolute atomic E-state index is 14.7. The molecule has 0 spiro atoms. The standard InChI is InChI=1S/C33H32FN9O/c1-43(2)12-11-36-23-14-20(13-22(34)16-23)25-7-4-8-27-29(25)40-32(39-27)31-30-28(41-42-31)10-9-26(38-30)21-15-24(18-35-17-21)37-33(44)19-5-3-6-19/h4,7-10,13-19,36H,3,5-6,11-12H2,1-2H3,(H,37,44)(H,39,40)(H,41,42). The van der Waals surface area contributed by atoms with Crippen LogP contribution in [0, 0.1) is 11.7 Å². The van der Waals surface area contributed by atoms with Crippen molar-refractivity contribution < 1.29 is 9.18 Å². The second-order valence-electron chi connectivity index (χ2n) is 11.5. The number of hydrogen-bond donors (Lipinski definition) is 4. The number of aromatic amines is 2. The zero-order valence-corrected chi connectivity index (χ0v) is 24.5. The van der Waals surface area contributed by atoms with Crippen LogP contribution in [0.25, 0.3) is 56.0 Å². The number of hydrogen-bond acceptors (Lipinski definition) is 7. The minimum atomic E-state index is -0.321. The van der Waals surface area contributed by atoms with Gasteiger partial charge in [-0.2, -0.15) is 5.10 Å². The smallest absolute Gasteiger partial charge is 0.227 e. The molecule has 1 saturated carbocycles. The van der Waals surface area contributed by atoms with Crippen LogP contribution in [0.1, 0.15) is 19.3 Å². The molecule has 0 unspecified atom stereocenters. The van der Waals surface area contributed by atoms with Crippen molar-refractivity contribution in [1.29, 1.82) is 0 Å². The number of halogens is 1. The minimum Gasteiger partial charge on any atom is -0.384 e. The number of likely N-dealkylation sites (N-methyl/N-ethyl adjacent to an activating group) is 1. The predicted octanol–water partition coefficient (Wildman–Crippen LogP) is 6.08. The first-order valence-corrected chi connectivity index (χ1v) is 14.7. The topological polar surface area (TPSA) is 128 Å². The van der Waals surface area contributed by atoms with Gasteiger partial charge in [0.15, 0.2) is 11.5 Å². The van der Waals surface area contributed by atoms with E-state index in [1.165, 1.54) is 12.1 Å². The number of imidazole rings is 1. The van der Waals surface area contributed by atoms with E-state index in [4.69, 9.17) is 9.97 Å². The monoisotopic (exact) mass is 589 g/mol. The van der Waals surface area contributed by atoms with Gasteiger partial charge < -0.3 is 20.5 Å². The summed E-state index contributed by atoms with van der Waals surface area (Å²) >= 11 is 0. The Labute approximate surface area is 253 Å². The van der Waals surface area contributed by atoms with Crippen LogP contribution in [0.3, 0.4) is 0 Å². The van der Waals surface area contributed by atoms with E-state index in [1.54, 1.807) is 12.4 Å². The van der Waals surface area contributed by atoms with E-state index < -0.39 is 0 Å². The average Bonchev–Trinajstić information content (AvgIpc) is 3.59. The molecule has 4 aromatic heterocycles. The van der Waals surface area contributed by atoms with Crippen LogP contribution in [0.2, 0.25) is 0 Å². The van der Waals surface area contributed by atoms with Crippen LogP contribution in [0.5, 0.6) is 0 Å². The summed E-state index contributed by atoms with van der Waals surface area (Å²) in [5, 5.41) is 13.9. The third kappa shape index (κ3) is 5.49. The number of carbonyl (C=O) groups excluding carboxylic acids is 1. The maximum Gasteiger partial charge on any atom is 0.227 e. The number of carbonyl (C=O) groups is 1. The number of amides is 1. The molecule has 4 heterocycles. The number of para-hydroxylation sites is 1. The molecule has 1 amide bonds. The number of nitrogens with one attached hydrogen (secondary N) is 4. The lowest BCUT2D eigenvalue weighted by molar-refractivity contribution is -0.122. The Morgan fingerprint density at radius 3 is 2.66 bits per heavy atom. The number of benzene rings is 2. The number of rotatable bonds is 9. The van der Waals surface area contributed by atoms with Gasteiger partial charge in [0.05, 0.1) is 34.1 Å². The van der Waals surface area contributed by atoms with Crippen LogP contribution in [0.4, 0.5) is 15.8 Å². The first kappa shape index (κ1) is 27.7. The number of H-pyrrole nitrogens is 2. The SMILES string of the molecule is CN(C)CCNc1cc(F)cc(-c2cccc3[nH]c(-c4n[nH]c5ccc(-c6cncc(NC(=O)C7CCC7)c6)nc45)nc23)c1. The van der Waals surface area contributed by atoms with Gasteiger partial charge in [0.25, 0.3) is 0 Å². The molecule has 1 aliphatic carbocycles. The highest BCUT2D eigenvalue weighted by molar-refractivity contribution is 5.97. The summed E-state index contributed by atoms with van der Waals surface area (Å²) in [5.74, 6) is 0.344. The fourth-order valence-electron chi connectivity index (χ4n) is 5.44. The van der Waals surface area contributed by atoms with Gasteiger partial charge in [0.1, 0.15) is 11.3 Å². The van der Waals surface area contributed by atoms with Crippen LogP contribution in [-0.4, -0.2) is 68.1 Å². The van der Waals surface area contributed by atoms with Crippen LogP contribution in [-0.2, 0) is 4.79 Å². The molecule has 0 aliphatic heterocycles. The zero-order chi connectivity index (χ0) is 30.2. The van der Waals surface area contributed by atoms with Crippen molar-refractivity contribution in [2.45, 2.75) is 19.3 Å². The normalized spacial score (nSPS) is 13.5. The van der Waals surface area contributed by atoms with Gasteiger partial charge in [-0.15, -0.1) is 0 Å². The Balaban J connectivity index is 1.21. The lowest BCUT2D eigenvalue weighted by Crippen LogP contribution is -2.28. The Kier molecular flexibility index (Phi) is 7.23. The van der Waals surface area contributed by atoms with Crippen molar-refractivity contribution >= 4 is 39.3 Å². The molecule has 1 fully saturated rings. The molecule has 222 valence electrons. The number of fused-ring (bicyclic) bond motifs is 2. The van der Waals surface area contributed by atoms with Crippen molar-refractivity contribution in [3.63, 3.8) is 0 Å². The van der Waals surface area contributed by atoms with E-state index in [9.17, 15) is 9.18 Å². The van der Waals surface area contributed by atoms with Gasteiger partial charge >= 0.3 is 0 Å². The first-order valence-electron chi connectivity index (χ1n) is 14.7. The van der Waals surface area contributed by atoms with Gasteiger partial charge in [-0.25, -0.2) is 14.4 Å². The quantitative estimate of drug-likeness (QED) is 0.161. The summed E-state index contributed by atoms with van der Waals surface area (Å²) in [4.78, 5) is 32.1. The largest absolute Gasteiger partial charge is 0.384 e. The summed E-state index contributed by atoms with van der Waals surface area (Å²) in [6.45, 7) is 1.53.